The number of fused-ring (bicyclic) bond motifs is 4. The molecule has 0 spiro atoms. The highest BCUT2D eigenvalue weighted by Gasteiger charge is 2.33. The molecule has 6 rings (SSSR count). The van der Waals surface area contributed by atoms with Gasteiger partial charge in [0.1, 0.15) is 23.0 Å². The number of hydrogen-bond donors (Lipinski definition) is 5. The predicted octanol–water partition coefficient (Wildman–Crippen LogP) is 5.53. The molecule has 3 aromatic carbocycles. The normalized spacial score (nSPS) is 16.4. The number of anilines is 1. The van der Waals surface area contributed by atoms with E-state index in [2.05, 4.69) is 17.6 Å². The van der Waals surface area contributed by atoms with Crippen LogP contribution >= 0.6 is 0 Å². The van der Waals surface area contributed by atoms with Crippen molar-refractivity contribution < 1.29 is 45.4 Å². The van der Waals surface area contributed by atoms with Crippen molar-refractivity contribution in [2.45, 2.75) is 84.2 Å². The van der Waals surface area contributed by atoms with Gasteiger partial charge in [0.15, 0.2) is 0 Å². The predicted molar refractivity (Wildman–Crippen MR) is 215 cm³/mol. The average Bonchev–Trinajstić information content (AvgIpc) is 3.05. The molecule has 0 fully saturated rings. The van der Waals surface area contributed by atoms with E-state index in [9.17, 15) is 40.6 Å². The van der Waals surface area contributed by atoms with Crippen LogP contribution in [0.4, 0.5) is 5.69 Å². The highest BCUT2D eigenvalue weighted by molar-refractivity contribution is 7.86. The van der Waals surface area contributed by atoms with Gasteiger partial charge in [0, 0.05) is 51.8 Å². The molecule has 3 heterocycles. The zero-order valence-electron chi connectivity index (χ0n) is 32.0. The Hall–Kier alpha value is -4.83. The van der Waals surface area contributed by atoms with Crippen LogP contribution in [0.3, 0.4) is 0 Å². The fourth-order valence-electron chi connectivity index (χ4n) is 7.66. The van der Waals surface area contributed by atoms with Crippen LogP contribution < -0.4 is 25.9 Å². The van der Waals surface area contributed by atoms with Gasteiger partial charge >= 0.3 is 5.97 Å². The van der Waals surface area contributed by atoms with E-state index < -0.39 is 48.8 Å². The number of benzene rings is 3. The third kappa shape index (κ3) is 9.40. The van der Waals surface area contributed by atoms with E-state index in [-0.39, 0.29) is 34.8 Å². The first kappa shape index (κ1) is 40.8. The van der Waals surface area contributed by atoms with Crippen LogP contribution in [-0.4, -0.2) is 72.1 Å². The Morgan fingerprint density at radius 1 is 0.804 bits per heavy atom. The summed E-state index contributed by atoms with van der Waals surface area (Å²) >= 11 is 0. The van der Waals surface area contributed by atoms with Crippen molar-refractivity contribution >= 4 is 54.5 Å². The van der Waals surface area contributed by atoms with Crippen molar-refractivity contribution in [1.82, 2.24) is 5.32 Å². The summed E-state index contributed by atoms with van der Waals surface area (Å²) in [5.41, 5.74) is 1.75. The number of rotatable bonds is 14. The number of aromatic carboxylic acids is 1. The van der Waals surface area contributed by atoms with Crippen molar-refractivity contribution in [3.63, 3.8) is 0 Å². The van der Waals surface area contributed by atoms with Crippen LogP contribution in [0.5, 0.6) is 11.5 Å². The Labute approximate surface area is 326 Å². The first-order valence-electron chi connectivity index (χ1n) is 18.5. The molecule has 298 valence electrons. The van der Waals surface area contributed by atoms with E-state index in [1.165, 1.54) is 6.07 Å². The second-order valence-corrected chi connectivity index (χ2v) is 18.7. The lowest BCUT2D eigenvalue weighted by atomic mass is 9.84. The zero-order valence-corrected chi connectivity index (χ0v) is 33.7. The number of hydrogen-bond acceptors (Lipinski definition) is 9. The molecule has 0 unspecified atom stereocenters. The number of amides is 1. The first-order chi connectivity index (χ1) is 26.1. The Balaban J connectivity index is 1.60. The van der Waals surface area contributed by atoms with Crippen LogP contribution in [0.25, 0.3) is 16.7 Å². The highest BCUT2D eigenvalue weighted by atomic mass is 32.2. The van der Waals surface area contributed by atoms with Crippen molar-refractivity contribution in [2.24, 2.45) is 4.99 Å². The highest BCUT2D eigenvalue weighted by Crippen LogP contribution is 2.45. The van der Waals surface area contributed by atoms with Gasteiger partial charge < -0.3 is 20.5 Å². The molecule has 0 bridgehead atoms. The Bertz CT molecular complexity index is 2550. The number of carboxylic acid groups (broad SMARTS) is 1. The fraction of sp³-hybridized carbons (Fsp3) is 0.390. The van der Waals surface area contributed by atoms with Crippen LogP contribution in [0, 0.1) is 0 Å². The number of ether oxygens (including phenoxy) is 1. The van der Waals surface area contributed by atoms with E-state index in [0.717, 1.165) is 32.1 Å². The summed E-state index contributed by atoms with van der Waals surface area (Å²) in [6, 6.07) is 11.3. The molecule has 13 nitrogen and oxygen atoms in total. The van der Waals surface area contributed by atoms with Crippen LogP contribution in [0.15, 0.2) is 59.6 Å². The van der Waals surface area contributed by atoms with Gasteiger partial charge in [0.2, 0.25) is 5.91 Å². The summed E-state index contributed by atoms with van der Waals surface area (Å²) in [6.07, 6.45) is 8.48. The maximum absolute atomic E-state index is 13.1. The topological polar surface area (TPSA) is 209 Å². The standard InChI is InChI=1S/C41H47N3O10S2/c1-6-7-8-9-10-13-42-37(45)15-24-11-12-27(39(46)47)30(14-24)38-31-16-28-25(22-55(48,49)50)20-40(2,3)43-33(28)18-35(31)54-36-19-34-29(17-32(36)38)26(23-56(51,52)53)21-41(4,5)44-34/h11-12,14,16-21,43H,6-10,13,15,22-23H2,1-5H3,(H,42,45)(H,46,47)(H,48,49,50)(H,51,52,53). The Kier molecular flexibility index (Phi) is 11.1. The Morgan fingerprint density at radius 2 is 1.48 bits per heavy atom. The molecule has 3 aliphatic rings. The lowest BCUT2D eigenvalue weighted by Gasteiger charge is -2.34. The van der Waals surface area contributed by atoms with Gasteiger partial charge in [-0.1, -0.05) is 50.8 Å². The summed E-state index contributed by atoms with van der Waals surface area (Å²) in [5.74, 6) is -2.28. The minimum atomic E-state index is -4.49. The van der Waals surface area contributed by atoms with Gasteiger partial charge in [-0.3, -0.25) is 18.9 Å². The molecule has 5 N–H and O–H groups in total. The van der Waals surface area contributed by atoms with E-state index in [0.29, 0.717) is 62.0 Å². The smallest absolute Gasteiger partial charge is 0.336 e. The second kappa shape index (κ2) is 15.3. The first-order valence-corrected chi connectivity index (χ1v) is 21.7. The maximum Gasteiger partial charge on any atom is 0.336 e. The monoisotopic (exact) mass is 805 g/mol. The van der Waals surface area contributed by atoms with E-state index >= 15 is 0 Å². The minimum Gasteiger partial charge on any atom is -0.478 e. The molecule has 1 amide bonds. The lowest BCUT2D eigenvalue weighted by molar-refractivity contribution is -0.120. The fourth-order valence-corrected chi connectivity index (χ4v) is 8.92. The number of nitrogens with one attached hydrogen (secondary N) is 2. The molecule has 0 atom stereocenters. The van der Waals surface area contributed by atoms with Crippen LogP contribution in [0.2, 0.25) is 0 Å². The third-order valence-corrected chi connectivity index (χ3v) is 11.2. The number of carbonyl (C=O) groups is 2. The van der Waals surface area contributed by atoms with Gasteiger partial charge in [-0.15, -0.1) is 0 Å². The number of nitrogens with zero attached hydrogens (tertiary/aromatic N) is 1. The summed E-state index contributed by atoms with van der Waals surface area (Å²) in [6.45, 7) is 9.91. The summed E-state index contributed by atoms with van der Waals surface area (Å²) in [5, 5.41) is 17.6. The van der Waals surface area contributed by atoms with Crippen LogP contribution in [0.1, 0.15) is 105 Å². The number of unbranched alkanes of at least 4 members (excludes halogenated alkanes) is 4. The maximum atomic E-state index is 13.1. The molecule has 3 aliphatic heterocycles. The molecule has 15 heteroatoms. The van der Waals surface area contributed by atoms with E-state index in [4.69, 9.17) is 9.73 Å². The number of carboxylic acids is 1. The van der Waals surface area contributed by atoms with Gasteiger partial charge in [0.25, 0.3) is 20.2 Å². The molecule has 0 saturated carbocycles. The lowest BCUT2D eigenvalue weighted by Crippen LogP contribution is -2.33. The SMILES string of the molecule is CCCCCCCNC(=O)Cc1ccc(C(=O)O)c(C2=c3cc4c(cc3Oc3cc5c(cc32)C(CS(=O)(=O)O)=CC(C)(C)N5)=NC(C)(C)C=C4CS(=O)(=O)O)c1. The van der Waals surface area contributed by atoms with Gasteiger partial charge in [0.05, 0.1) is 28.4 Å². The van der Waals surface area contributed by atoms with Crippen molar-refractivity contribution in [3.05, 3.63) is 98.6 Å². The van der Waals surface area contributed by atoms with Crippen molar-refractivity contribution in [2.75, 3.05) is 23.4 Å². The molecular formula is C41H47N3O10S2. The number of carbonyl (C=O) groups excluding carboxylic acids is 1. The molecule has 56 heavy (non-hydrogen) atoms. The quantitative estimate of drug-likeness (QED) is 0.0791. The molecular weight excluding hydrogens is 759 g/mol. The minimum absolute atomic E-state index is 0.0326. The Morgan fingerprint density at radius 3 is 2.14 bits per heavy atom. The average molecular weight is 806 g/mol. The van der Waals surface area contributed by atoms with Crippen LogP contribution in [-0.2, 0) is 31.5 Å². The molecule has 0 aromatic heterocycles. The van der Waals surface area contributed by atoms with Crippen molar-refractivity contribution in [3.8, 4) is 11.5 Å². The zero-order chi connectivity index (χ0) is 40.8. The molecule has 0 saturated heterocycles. The molecule has 0 aliphatic carbocycles. The third-order valence-electron chi connectivity index (χ3n) is 9.82. The largest absolute Gasteiger partial charge is 0.478 e. The van der Waals surface area contributed by atoms with Gasteiger partial charge in [-0.2, -0.15) is 16.8 Å². The van der Waals surface area contributed by atoms with E-state index in [1.807, 2.05) is 13.8 Å². The molecule has 3 aromatic rings. The molecule has 0 radical (unpaired) electrons. The summed E-state index contributed by atoms with van der Waals surface area (Å²) in [4.78, 5) is 30.9. The second-order valence-electron chi connectivity index (χ2n) is 15.8. The van der Waals surface area contributed by atoms with E-state index in [1.54, 1.807) is 62.4 Å². The van der Waals surface area contributed by atoms with Gasteiger partial charge in [-0.25, -0.2) is 4.79 Å². The van der Waals surface area contributed by atoms with Gasteiger partial charge in [-0.05, 0) is 80.7 Å². The van der Waals surface area contributed by atoms with Crippen molar-refractivity contribution in [1.29, 1.82) is 0 Å². The summed E-state index contributed by atoms with van der Waals surface area (Å²) in [7, 11) is -8.96. The summed E-state index contributed by atoms with van der Waals surface area (Å²) < 4.78 is 75.3.